The molecule has 1 N–H and O–H groups in total. The normalized spacial score (nSPS) is 13.9. The molecule has 0 heterocycles. The number of ether oxygens (including phenoxy) is 2. The predicted molar refractivity (Wildman–Crippen MR) is 79.9 cm³/mol. The predicted octanol–water partition coefficient (Wildman–Crippen LogP) is 2.83. The molecule has 0 saturated carbocycles. The molecular formula is C16H24FNO3. The van der Waals surface area contributed by atoms with Gasteiger partial charge in [0, 0.05) is 6.04 Å². The van der Waals surface area contributed by atoms with Gasteiger partial charge < -0.3 is 9.47 Å². The molecular weight excluding hydrogens is 273 g/mol. The van der Waals surface area contributed by atoms with E-state index in [-0.39, 0.29) is 25.0 Å². The van der Waals surface area contributed by atoms with Gasteiger partial charge in [-0.1, -0.05) is 6.07 Å². The summed E-state index contributed by atoms with van der Waals surface area (Å²) in [6, 6.07) is 4.68. The molecule has 0 aliphatic heterocycles. The molecule has 1 aromatic rings. The first-order valence-corrected chi connectivity index (χ1v) is 7.12. The monoisotopic (exact) mass is 297 g/mol. The SMILES string of the molecule is CCOC(=O)C(C)(COc1cc(C)ccc1F)NC(C)C. The summed E-state index contributed by atoms with van der Waals surface area (Å²) in [7, 11) is 0. The highest BCUT2D eigenvalue weighted by atomic mass is 19.1. The number of carbonyl (C=O) groups excluding carboxylic acids is 1. The molecule has 4 nitrogen and oxygen atoms in total. The van der Waals surface area contributed by atoms with Crippen molar-refractivity contribution in [2.24, 2.45) is 0 Å². The second-order valence-corrected chi connectivity index (χ2v) is 5.57. The molecule has 21 heavy (non-hydrogen) atoms. The van der Waals surface area contributed by atoms with Crippen molar-refractivity contribution in [3.8, 4) is 5.75 Å². The van der Waals surface area contributed by atoms with Gasteiger partial charge in [0.15, 0.2) is 11.6 Å². The van der Waals surface area contributed by atoms with Crippen LogP contribution in [0.1, 0.15) is 33.3 Å². The van der Waals surface area contributed by atoms with Gasteiger partial charge in [-0.2, -0.15) is 0 Å². The first kappa shape index (κ1) is 17.4. The van der Waals surface area contributed by atoms with Crippen LogP contribution < -0.4 is 10.1 Å². The average molecular weight is 297 g/mol. The minimum Gasteiger partial charge on any atom is -0.488 e. The van der Waals surface area contributed by atoms with Gasteiger partial charge in [0.25, 0.3) is 0 Å². The van der Waals surface area contributed by atoms with Gasteiger partial charge in [0.1, 0.15) is 12.1 Å². The van der Waals surface area contributed by atoms with Crippen LogP contribution >= 0.6 is 0 Å². The van der Waals surface area contributed by atoms with E-state index < -0.39 is 17.3 Å². The maximum atomic E-state index is 13.7. The Morgan fingerprint density at radius 3 is 2.67 bits per heavy atom. The number of carbonyl (C=O) groups is 1. The Kier molecular flexibility index (Phi) is 6.15. The number of hydrogen-bond acceptors (Lipinski definition) is 4. The van der Waals surface area contributed by atoms with Crippen LogP contribution in [0.2, 0.25) is 0 Å². The summed E-state index contributed by atoms with van der Waals surface area (Å²) in [5.74, 6) is -0.723. The van der Waals surface area contributed by atoms with E-state index in [4.69, 9.17) is 9.47 Å². The topological polar surface area (TPSA) is 47.6 Å². The fraction of sp³-hybridized carbons (Fsp3) is 0.562. The van der Waals surface area contributed by atoms with E-state index in [0.717, 1.165) is 5.56 Å². The zero-order valence-electron chi connectivity index (χ0n) is 13.3. The van der Waals surface area contributed by atoms with Crippen molar-refractivity contribution in [1.82, 2.24) is 5.32 Å². The first-order chi connectivity index (χ1) is 9.78. The van der Waals surface area contributed by atoms with Gasteiger partial charge in [0.2, 0.25) is 0 Å². The van der Waals surface area contributed by atoms with E-state index in [0.29, 0.717) is 0 Å². The maximum absolute atomic E-state index is 13.7. The van der Waals surface area contributed by atoms with E-state index in [1.165, 1.54) is 6.07 Å². The van der Waals surface area contributed by atoms with Gasteiger partial charge in [-0.15, -0.1) is 0 Å². The molecule has 0 spiro atoms. The number of rotatable bonds is 7. The van der Waals surface area contributed by atoms with Gasteiger partial charge in [-0.05, 0) is 52.3 Å². The smallest absolute Gasteiger partial charge is 0.329 e. The summed E-state index contributed by atoms with van der Waals surface area (Å²) in [4.78, 5) is 12.1. The van der Waals surface area contributed by atoms with Crippen molar-refractivity contribution in [3.63, 3.8) is 0 Å². The molecule has 1 atom stereocenters. The second-order valence-electron chi connectivity index (χ2n) is 5.57. The van der Waals surface area contributed by atoms with Crippen LogP contribution in [0, 0.1) is 12.7 Å². The maximum Gasteiger partial charge on any atom is 0.329 e. The Labute approximate surface area is 125 Å². The van der Waals surface area contributed by atoms with Crippen molar-refractivity contribution < 1.29 is 18.7 Å². The summed E-state index contributed by atoms with van der Waals surface area (Å²) >= 11 is 0. The van der Waals surface area contributed by atoms with Crippen molar-refractivity contribution in [1.29, 1.82) is 0 Å². The quantitative estimate of drug-likeness (QED) is 0.786. The third kappa shape index (κ3) is 5.01. The van der Waals surface area contributed by atoms with Crippen molar-refractivity contribution in [2.45, 2.75) is 46.2 Å². The number of aryl methyl sites for hydroxylation is 1. The third-order valence-corrected chi connectivity index (χ3v) is 2.94. The van der Waals surface area contributed by atoms with Crippen LogP contribution in [0.15, 0.2) is 18.2 Å². The van der Waals surface area contributed by atoms with E-state index in [2.05, 4.69) is 5.32 Å². The van der Waals surface area contributed by atoms with Crippen LogP contribution in [0.5, 0.6) is 5.75 Å². The van der Waals surface area contributed by atoms with Crippen LogP contribution in [0.4, 0.5) is 4.39 Å². The molecule has 0 bridgehead atoms. The lowest BCUT2D eigenvalue weighted by Gasteiger charge is -2.30. The lowest BCUT2D eigenvalue weighted by Crippen LogP contribution is -2.57. The van der Waals surface area contributed by atoms with E-state index in [1.807, 2.05) is 20.8 Å². The fourth-order valence-electron chi connectivity index (χ4n) is 2.03. The minimum atomic E-state index is -1.03. The molecule has 0 fully saturated rings. The minimum absolute atomic E-state index is 0.00954. The van der Waals surface area contributed by atoms with Crippen LogP contribution in [-0.2, 0) is 9.53 Å². The molecule has 0 aliphatic carbocycles. The lowest BCUT2D eigenvalue weighted by atomic mass is 10.0. The van der Waals surface area contributed by atoms with Crippen LogP contribution in [0.3, 0.4) is 0 Å². The Morgan fingerprint density at radius 2 is 2.10 bits per heavy atom. The summed E-state index contributed by atoms with van der Waals surface area (Å²) in [6.07, 6.45) is 0. The van der Waals surface area contributed by atoms with Gasteiger partial charge >= 0.3 is 5.97 Å². The van der Waals surface area contributed by atoms with E-state index in [1.54, 1.807) is 26.0 Å². The van der Waals surface area contributed by atoms with Gasteiger partial charge in [-0.25, -0.2) is 9.18 Å². The average Bonchev–Trinajstić information content (AvgIpc) is 2.39. The van der Waals surface area contributed by atoms with Gasteiger partial charge in [-0.3, -0.25) is 5.32 Å². The number of benzene rings is 1. The molecule has 0 amide bonds. The molecule has 1 aromatic carbocycles. The Morgan fingerprint density at radius 1 is 1.43 bits per heavy atom. The van der Waals surface area contributed by atoms with E-state index >= 15 is 0 Å². The van der Waals surface area contributed by atoms with Crippen LogP contribution in [0.25, 0.3) is 0 Å². The Balaban J connectivity index is 2.86. The standard InChI is InChI=1S/C16H24FNO3/c1-6-20-15(19)16(5,18-11(2)3)10-21-14-9-12(4)7-8-13(14)17/h7-9,11,18H,6,10H2,1-5H3. The van der Waals surface area contributed by atoms with Crippen molar-refractivity contribution in [2.75, 3.05) is 13.2 Å². The largest absolute Gasteiger partial charge is 0.488 e. The molecule has 0 aliphatic rings. The van der Waals surface area contributed by atoms with Crippen molar-refractivity contribution in [3.05, 3.63) is 29.6 Å². The summed E-state index contributed by atoms with van der Waals surface area (Å²) in [5, 5.41) is 3.12. The Hall–Kier alpha value is -1.62. The number of halogens is 1. The molecule has 0 aromatic heterocycles. The molecule has 0 saturated heterocycles. The highest BCUT2D eigenvalue weighted by Gasteiger charge is 2.36. The van der Waals surface area contributed by atoms with Crippen LogP contribution in [-0.4, -0.2) is 30.8 Å². The molecule has 1 rings (SSSR count). The summed E-state index contributed by atoms with van der Waals surface area (Å²) < 4.78 is 24.3. The highest BCUT2D eigenvalue weighted by Crippen LogP contribution is 2.20. The number of hydrogen-bond donors (Lipinski definition) is 1. The zero-order chi connectivity index (χ0) is 16.0. The zero-order valence-corrected chi connectivity index (χ0v) is 13.3. The fourth-order valence-corrected chi connectivity index (χ4v) is 2.03. The summed E-state index contributed by atoms with van der Waals surface area (Å²) in [5.41, 5.74) is -0.138. The number of nitrogens with one attached hydrogen (secondary N) is 1. The lowest BCUT2D eigenvalue weighted by molar-refractivity contribution is -0.152. The highest BCUT2D eigenvalue weighted by molar-refractivity contribution is 5.80. The second kappa shape index (κ2) is 7.41. The van der Waals surface area contributed by atoms with Crippen molar-refractivity contribution >= 4 is 5.97 Å². The van der Waals surface area contributed by atoms with Gasteiger partial charge in [0.05, 0.1) is 6.61 Å². The molecule has 0 radical (unpaired) electrons. The first-order valence-electron chi connectivity index (χ1n) is 7.12. The molecule has 5 heteroatoms. The summed E-state index contributed by atoms with van der Waals surface area (Å²) in [6.45, 7) is 9.41. The third-order valence-electron chi connectivity index (χ3n) is 2.94. The number of esters is 1. The van der Waals surface area contributed by atoms with E-state index in [9.17, 15) is 9.18 Å². The Bertz CT molecular complexity index is 490. The molecule has 118 valence electrons. The molecule has 1 unspecified atom stereocenters.